The number of rotatable bonds is 10. The Kier molecular flexibility index (Phi) is 12.8. The van der Waals surface area contributed by atoms with Crippen LogP contribution in [0.25, 0.3) is 0 Å². The molecule has 3 aromatic carbocycles. The van der Waals surface area contributed by atoms with Crippen LogP contribution in [0.1, 0.15) is 29.7 Å². The molecule has 1 saturated heterocycles. The maximum Gasteiger partial charge on any atom is 0.496 e. The topological polar surface area (TPSA) is 202 Å². The number of phenolic OH excluding ortho intramolecular Hbond substituents is 1. The molecule has 1 aliphatic rings. The Labute approximate surface area is 306 Å². The molecule has 4 aromatic rings. The number of quaternary nitrogens is 1. The molecule has 5 rings (SSSR count). The number of urea groups is 1. The van der Waals surface area contributed by atoms with Crippen LogP contribution >= 0.6 is 0 Å². The third-order valence-electron chi connectivity index (χ3n) is 8.30. The number of phenols is 1. The van der Waals surface area contributed by atoms with Crippen LogP contribution in [0, 0.1) is 12.7 Å². The second-order valence-electron chi connectivity index (χ2n) is 12.7. The predicted octanol–water partition coefficient (Wildman–Crippen LogP) is 4.75. The van der Waals surface area contributed by atoms with E-state index in [1.807, 2.05) is 7.05 Å². The number of halogens is 4. The van der Waals surface area contributed by atoms with Gasteiger partial charge in [-0.15, -0.1) is 0 Å². The van der Waals surface area contributed by atoms with E-state index < -0.39 is 40.2 Å². The fourth-order valence-corrected chi connectivity index (χ4v) is 6.80. The minimum Gasteiger partial charge on any atom is -0.508 e. The zero-order valence-corrected chi connectivity index (χ0v) is 29.7. The molecule has 1 aromatic heterocycles. The van der Waals surface area contributed by atoms with Crippen LogP contribution in [0.5, 0.6) is 11.5 Å². The Morgan fingerprint density at radius 3 is 2.17 bits per heavy atom. The van der Waals surface area contributed by atoms with Gasteiger partial charge in [-0.3, -0.25) is 4.79 Å². The molecule has 1 aliphatic heterocycles. The number of aromatic nitrogens is 1. The van der Waals surface area contributed by atoms with Crippen molar-refractivity contribution in [3.63, 3.8) is 0 Å². The van der Waals surface area contributed by atoms with E-state index in [2.05, 4.69) is 10.5 Å². The number of carbonyl (C=O) groups is 3. The average Bonchev–Trinajstić information content (AvgIpc) is 3.54. The fraction of sp³-hybridized carbons (Fsp3) is 0.286. The molecule has 0 bridgehead atoms. The minimum atomic E-state index is -5.08. The molecule has 14 nitrogen and oxygen atoms in total. The van der Waals surface area contributed by atoms with E-state index in [1.165, 1.54) is 60.0 Å². The summed E-state index contributed by atoms with van der Waals surface area (Å²) in [6, 6.07) is 16.7. The van der Waals surface area contributed by atoms with Crippen molar-refractivity contribution in [2.75, 3.05) is 25.5 Å². The second kappa shape index (κ2) is 16.9. The lowest BCUT2D eigenvalue weighted by Gasteiger charge is -2.38. The first kappa shape index (κ1) is 40.9. The number of amides is 3. The zero-order chi connectivity index (χ0) is 39.8. The lowest BCUT2D eigenvalue weighted by atomic mass is 10.0. The molecule has 0 aliphatic carbocycles. The van der Waals surface area contributed by atoms with Gasteiger partial charge in [0, 0.05) is 24.8 Å². The van der Waals surface area contributed by atoms with Gasteiger partial charge in [0.05, 0.1) is 19.8 Å². The minimum absolute atomic E-state index is 0.00156. The maximum absolute atomic E-state index is 14.1. The standard InChI is InChI=1S/C33H34FN5O7S.C2HF3O2/c1-22-31(19-36-45-22)47(43,44)46-29-15-11-26(12-16-29)37-33(42)38(30(32(35)41)18-23-7-13-28(40)14-8-23)27-4-3-17-39(2,21-27)20-24-5-9-25(34)10-6-24;3-2(4,5)1(6)7/h5-16,19,30H,3-4,17-18,20-21H2,1-2H3,(H2-2,35,37,40,41,42);(H,6,7)/p+2/b38-27+;/t30-,39?;/m0./s1. The Hall–Kier alpha value is -5.82. The number of primary amides is 1. The molecule has 3 amide bonds. The van der Waals surface area contributed by atoms with E-state index >= 15 is 0 Å². The zero-order valence-electron chi connectivity index (χ0n) is 28.9. The van der Waals surface area contributed by atoms with Crippen LogP contribution in [0.15, 0.2) is 88.4 Å². The predicted molar refractivity (Wildman–Crippen MR) is 184 cm³/mol. The molecule has 2 atom stereocenters. The molecule has 54 heavy (non-hydrogen) atoms. The van der Waals surface area contributed by atoms with Crippen LogP contribution < -0.4 is 15.2 Å². The van der Waals surface area contributed by atoms with Gasteiger partial charge in [-0.1, -0.05) is 29.4 Å². The molecule has 0 saturated carbocycles. The number of aromatic hydroxyl groups is 1. The maximum atomic E-state index is 14.1. The van der Waals surface area contributed by atoms with Gasteiger partial charge >= 0.3 is 28.3 Å². The number of benzene rings is 3. The van der Waals surface area contributed by atoms with E-state index in [9.17, 15) is 40.7 Å². The molecule has 1 fully saturated rings. The number of hydrogen-bond acceptors (Lipinski definition) is 9. The van der Waals surface area contributed by atoms with Crippen LogP contribution in [0.4, 0.5) is 28.0 Å². The van der Waals surface area contributed by atoms with Crippen molar-refractivity contribution in [2.45, 2.75) is 49.8 Å². The van der Waals surface area contributed by atoms with E-state index in [0.29, 0.717) is 41.0 Å². The molecule has 1 unspecified atom stereocenters. The summed E-state index contributed by atoms with van der Waals surface area (Å²) in [5.41, 5.74) is 8.59. The van der Waals surface area contributed by atoms with Crippen LogP contribution in [0.3, 0.4) is 0 Å². The number of nitrogens with one attached hydrogen (secondary N) is 1. The van der Waals surface area contributed by atoms with Crippen LogP contribution in [-0.4, -0.2) is 88.8 Å². The Morgan fingerprint density at radius 1 is 1.04 bits per heavy atom. The fourth-order valence-electron chi connectivity index (χ4n) is 5.78. The van der Waals surface area contributed by atoms with E-state index in [1.54, 1.807) is 24.3 Å². The van der Waals surface area contributed by atoms with Gasteiger partial charge in [-0.2, -0.15) is 31.0 Å². The van der Waals surface area contributed by atoms with Gasteiger partial charge in [0.2, 0.25) is 0 Å². The lowest BCUT2D eigenvalue weighted by molar-refractivity contribution is -0.918. The summed E-state index contributed by atoms with van der Waals surface area (Å²) in [4.78, 5) is 35.8. The van der Waals surface area contributed by atoms with Gasteiger partial charge in [-0.05, 0) is 61.0 Å². The third kappa shape index (κ3) is 11.1. The van der Waals surface area contributed by atoms with Gasteiger partial charge in [0.1, 0.15) is 41.8 Å². The number of aliphatic carboxylic acids is 1. The van der Waals surface area contributed by atoms with Crippen molar-refractivity contribution in [1.82, 2.24) is 5.16 Å². The van der Waals surface area contributed by atoms with E-state index in [-0.39, 0.29) is 34.4 Å². The number of carboxylic acids is 1. The second-order valence-corrected chi connectivity index (χ2v) is 14.2. The van der Waals surface area contributed by atoms with E-state index in [4.69, 9.17) is 24.3 Å². The van der Waals surface area contributed by atoms with Crippen molar-refractivity contribution >= 4 is 39.4 Å². The quantitative estimate of drug-likeness (QED) is 0.0753. The number of nitrogens with two attached hydrogens (primary N) is 1. The summed E-state index contributed by atoms with van der Waals surface area (Å²) < 4.78 is 82.5. The van der Waals surface area contributed by atoms with Crippen molar-refractivity contribution in [2.24, 2.45) is 5.73 Å². The van der Waals surface area contributed by atoms with E-state index in [0.717, 1.165) is 24.7 Å². The first-order valence-electron chi connectivity index (χ1n) is 16.1. The molecule has 19 heteroatoms. The van der Waals surface area contributed by atoms with Gasteiger partial charge in [-0.25, -0.2) is 14.5 Å². The molecular formula is C35H37F4N5O9S+2. The molecule has 0 radical (unpaired) electrons. The van der Waals surface area contributed by atoms with Gasteiger partial charge in [0.25, 0.3) is 5.91 Å². The van der Waals surface area contributed by atoms with Gasteiger partial charge in [0.15, 0.2) is 16.7 Å². The summed E-state index contributed by atoms with van der Waals surface area (Å²) >= 11 is 0. The van der Waals surface area contributed by atoms with Gasteiger partial charge < -0.3 is 29.1 Å². The summed E-state index contributed by atoms with van der Waals surface area (Å²) in [7, 11) is -2.15. The summed E-state index contributed by atoms with van der Waals surface area (Å²) in [6.45, 7) is 3.26. The Balaban J connectivity index is 0.000000845. The summed E-state index contributed by atoms with van der Waals surface area (Å²) in [5, 5.41) is 23.2. The number of carbonyl (C=O) groups excluding carboxylic acids is 2. The number of piperidine rings is 1. The molecule has 288 valence electrons. The first-order valence-corrected chi connectivity index (χ1v) is 17.5. The highest BCUT2D eigenvalue weighted by molar-refractivity contribution is 7.87. The number of nitrogens with zero attached hydrogens (tertiary/aromatic N) is 3. The number of hydrogen-bond donors (Lipinski definition) is 4. The highest BCUT2D eigenvalue weighted by atomic mass is 32.2. The van der Waals surface area contributed by atoms with Crippen molar-refractivity contribution in [3.05, 3.63) is 102 Å². The van der Waals surface area contributed by atoms with Crippen molar-refractivity contribution < 1.29 is 68.3 Å². The highest BCUT2D eigenvalue weighted by Crippen LogP contribution is 2.25. The summed E-state index contributed by atoms with van der Waals surface area (Å²) in [6.07, 6.45) is -2.67. The number of aryl methyl sites for hydroxylation is 1. The summed E-state index contributed by atoms with van der Waals surface area (Å²) in [5.74, 6) is -3.65. The molecule has 0 spiro atoms. The van der Waals surface area contributed by atoms with Crippen molar-refractivity contribution in [3.8, 4) is 11.5 Å². The van der Waals surface area contributed by atoms with Crippen LogP contribution in [0.2, 0.25) is 0 Å². The molecule has 5 N–H and O–H groups in total. The SMILES string of the molecule is Cc1oncc1S(=O)(=O)Oc1ccc(NC(=O)/[N+](=C2\CCC[N+](C)(Cc3ccc(F)cc3)C2)[C@@H](Cc2ccc(O)cc2)C(N)=O)cc1.O=C(O)C(F)(F)F. The Bertz CT molecular complexity index is 2110. The molecule has 2 heterocycles. The number of anilines is 1. The monoisotopic (exact) mass is 779 g/mol. The normalized spacial score (nSPS) is 17.4. The Morgan fingerprint density at radius 2 is 1.63 bits per heavy atom. The van der Waals surface area contributed by atoms with Crippen LogP contribution in [-0.2, 0) is 32.7 Å². The molecular weight excluding hydrogens is 742 g/mol. The number of alkyl halides is 3. The first-order chi connectivity index (χ1) is 25.3. The third-order valence-corrected chi connectivity index (χ3v) is 9.64. The van der Waals surface area contributed by atoms with Crippen molar-refractivity contribution in [1.29, 1.82) is 0 Å². The lowest BCUT2D eigenvalue weighted by Crippen LogP contribution is -2.56. The number of carboxylic acid groups (broad SMARTS) is 1. The highest BCUT2D eigenvalue weighted by Gasteiger charge is 2.40. The smallest absolute Gasteiger partial charge is 0.496 e. The largest absolute Gasteiger partial charge is 0.508 e. The average molecular weight is 780 g/mol. The number of likely N-dealkylation sites (tertiary alicyclic amines) is 1.